The smallest absolute Gasteiger partial charge is 0.137 e. The number of ether oxygens (including phenoxy) is 2. The second-order valence-corrected chi connectivity index (χ2v) is 4.21. The third-order valence-corrected chi connectivity index (χ3v) is 2.93. The molecule has 2 aromatic carbocycles. The van der Waals surface area contributed by atoms with Gasteiger partial charge in [-0.1, -0.05) is 6.07 Å². The molecule has 102 valence electrons. The minimum atomic E-state index is 0.432. The third-order valence-electron chi connectivity index (χ3n) is 2.93. The lowest BCUT2D eigenvalue weighted by Gasteiger charge is -2.09. The molecule has 0 saturated heterocycles. The van der Waals surface area contributed by atoms with Crippen molar-refractivity contribution >= 4 is 5.69 Å². The zero-order valence-electron chi connectivity index (χ0n) is 11.5. The van der Waals surface area contributed by atoms with Crippen LogP contribution < -0.4 is 14.8 Å². The van der Waals surface area contributed by atoms with Crippen molar-refractivity contribution in [2.45, 2.75) is 6.61 Å². The molecule has 2 rings (SSSR count). The van der Waals surface area contributed by atoms with E-state index in [1.54, 1.807) is 13.2 Å². The van der Waals surface area contributed by atoms with Crippen molar-refractivity contribution in [3.05, 3.63) is 53.6 Å². The van der Waals surface area contributed by atoms with E-state index in [0.717, 1.165) is 17.0 Å². The highest BCUT2D eigenvalue weighted by molar-refractivity contribution is 5.46. The number of hydrogen-bond donors (Lipinski definition) is 1. The van der Waals surface area contributed by atoms with Gasteiger partial charge in [0.15, 0.2) is 0 Å². The monoisotopic (exact) mass is 268 g/mol. The van der Waals surface area contributed by atoms with Crippen molar-refractivity contribution in [2.24, 2.45) is 0 Å². The first kappa shape index (κ1) is 13.8. The van der Waals surface area contributed by atoms with Crippen LogP contribution in [0.2, 0.25) is 0 Å². The molecule has 0 atom stereocenters. The molecule has 0 fully saturated rings. The predicted octanol–water partition coefficient (Wildman–Crippen LogP) is 3.19. The number of nitriles is 1. The second-order valence-electron chi connectivity index (χ2n) is 4.21. The van der Waals surface area contributed by atoms with Crippen LogP contribution in [0.5, 0.6) is 11.5 Å². The van der Waals surface area contributed by atoms with Gasteiger partial charge in [-0.05, 0) is 42.0 Å². The number of nitrogens with zero attached hydrogens (tertiary/aromatic N) is 1. The Bertz CT molecular complexity index is 615. The lowest BCUT2D eigenvalue weighted by molar-refractivity contribution is 0.305. The molecule has 0 radical (unpaired) electrons. The van der Waals surface area contributed by atoms with Crippen molar-refractivity contribution in [1.29, 1.82) is 5.26 Å². The zero-order valence-corrected chi connectivity index (χ0v) is 11.5. The Balaban J connectivity index is 2.05. The summed E-state index contributed by atoms with van der Waals surface area (Å²) in [4.78, 5) is 0. The SMILES string of the molecule is CNc1ccc(OCc2ccc(C#N)c(OC)c2)cc1. The molecule has 2 aromatic rings. The van der Waals surface area contributed by atoms with Crippen LogP contribution in [0.3, 0.4) is 0 Å². The standard InChI is InChI=1S/C16H16N2O2/c1-18-14-5-7-15(8-6-14)20-11-12-3-4-13(10-17)16(9-12)19-2/h3-9,18H,11H2,1-2H3. The van der Waals surface area contributed by atoms with Crippen molar-refractivity contribution in [3.8, 4) is 17.6 Å². The number of rotatable bonds is 5. The summed E-state index contributed by atoms with van der Waals surface area (Å²) in [5, 5.41) is 12.0. The quantitative estimate of drug-likeness (QED) is 0.904. The molecule has 4 nitrogen and oxygen atoms in total. The van der Waals surface area contributed by atoms with Crippen molar-refractivity contribution < 1.29 is 9.47 Å². The molecule has 20 heavy (non-hydrogen) atoms. The fraction of sp³-hybridized carbons (Fsp3) is 0.188. The Morgan fingerprint density at radius 2 is 1.90 bits per heavy atom. The first-order valence-corrected chi connectivity index (χ1v) is 6.24. The first-order valence-electron chi connectivity index (χ1n) is 6.24. The van der Waals surface area contributed by atoms with E-state index in [0.29, 0.717) is 17.9 Å². The fourth-order valence-electron chi connectivity index (χ4n) is 1.80. The van der Waals surface area contributed by atoms with Gasteiger partial charge < -0.3 is 14.8 Å². The molecule has 0 bridgehead atoms. The van der Waals surface area contributed by atoms with E-state index >= 15 is 0 Å². The van der Waals surface area contributed by atoms with Crippen LogP contribution in [0.1, 0.15) is 11.1 Å². The van der Waals surface area contributed by atoms with Crippen LogP contribution in [-0.2, 0) is 6.61 Å². The molecule has 1 N–H and O–H groups in total. The van der Waals surface area contributed by atoms with E-state index in [4.69, 9.17) is 14.7 Å². The highest BCUT2D eigenvalue weighted by Crippen LogP contribution is 2.21. The molecular weight excluding hydrogens is 252 g/mol. The van der Waals surface area contributed by atoms with Gasteiger partial charge in [0, 0.05) is 12.7 Å². The number of methoxy groups -OCH3 is 1. The molecule has 0 saturated carbocycles. The van der Waals surface area contributed by atoms with Crippen LogP contribution in [0.15, 0.2) is 42.5 Å². The maximum absolute atomic E-state index is 8.93. The van der Waals surface area contributed by atoms with Gasteiger partial charge in [-0.25, -0.2) is 0 Å². The molecule has 0 amide bonds. The minimum absolute atomic E-state index is 0.432. The summed E-state index contributed by atoms with van der Waals surface area (Å²) in [6.07, 6.45) is 0. The predicted molar refractivity (Wildman–Crippen MR) is 78.0 cm³/mol. The van der Waals surface area contributed by atoms with Gasteiger partial charge in [0.1, 0.15) is 24.2 Å². The number of benzene rings is 2. The Labute approximate surface area is 118 Å². The first-order chi connectivity index (χ1) is 9.76. The summed E-state index contributed by atoms with van der Waals surface area (Å²) in [5.41, 5.74) is 2.52. The van der Waals surface area contributed by atoms with E-state index in [2.05, 4.69) is 11.4 Å². The topological polar surface area (TPSA) is 54.3 Å². The molecule has 0 aliphatic heterocycles. The Hall–Kier alpha value is -2.67. The minimum Gasteiger partial charge on any atom is -0.495 e. The average Bonchev–Trinajstić information content (AvgIpc) is 2.53. The summed E-state index contributed by atoms with van der Waals surface area (Å²) >= 11 is 0. The molecule has 0 unspecified atom stereocenters. The molecule has 0 heterocycles. The van der Waals surface area contributed by atoms with Crippen LogP contribution in [-0.4, -0.2) is 14.2 Å². The van der Waals surface area contributed by atoms with Gasteiger partial charge in [0.2, 0.25) is 0 Å². The van der Waals surface area contributed by atoms with Crippen LogP contribution in [0.4, 0.5) is 5.69 Å². The van der Waals surface area contributed by atoms with Gasteiger partial charge in [-0.2, -0.15) is 5.26 Å². The Morgan fingerprint density at radius 3 is 2.50 bits per heavy atom. The summed E-state index contributed by atoms with van der Waals surface area (Å²) in [5.74, 6) is 1.37. The van der Waals surface area contributed by atoms with E-state index < -0.39 is 0 Å². The number of nitrogens with one attached hydrogen (secondary N) is 1. The van der Waals surface area contributed by atoms with Gasteiger partial charge in [0.05, 0.1) is 12.7 Å². The van der Waals surface area contributed by atoms with Crippen LogP contribution in [0.25, 0.3) is 0 Å². The van der Waals surface area contributed by atoms with Gasteiger partial charge in [-0.3, -0.25) is 0 Å². The van der Waals surface area contributed by atoms with Crippen molar-refractivity contribution in [2.75, 3.05) is 19.5 Å². The molecule has 0 spiro atoms. The zero-order chi connectivity index (χ0) is 14.4. The molecule has 0 aliphatic rings. The maximum atomic E-state index is 8.93. The fourth-order valence-corrected chi connectivity index (χ4v) is 1.80. The van der Waals surface area contributed by atoms with Gasteiger partial charge >= 0.3 is 0 Å². The molecule has 4 heteroatoms. The van der Waals surface area contributed by atoms with E-state index in [9.17, 15) is 0 Å². The van der Waals surface area contributed by atoms with Crippen LogP contribution in [0, 0.1) is 11.3 Å². The van der Waals surface area contributed by atoms with Gasteiger partial charge in [0.25, 0.3) is 0 Å². The van der Waals surface area contributed by atoms with Crippen LogP contribution >= 0.6 is 0 Å². The van der Waals surface area contributed by atoms with E-state index in [1.165, 1.54) is 0 Å². The lowest BCUT2D eigenvalue weighted by Crippen LogP contribution is -1.97. The summed E-state index contributed by atoms with van der Waals surface area (Å²) in [7, 11) is 3.43. The normalized spacial score (nSPS) is 9.65. The summed E-state index contributed by atoms with van der Waals surface area (Å²) in [6, 6.07) is 15.2. The number of anilines is 1. The summed E-state index contributed by atoms with van der Waals surface area (Å²) in [6.45, 7) is 0.432. The maximum Gasteiger partial charge on any atom is 0.137 e. The largest absolute Gasteiger partial charge is 0.495 e. The van der Waals surface area contributed by atoms with Gasteiger partial charge in [-0.15, -0.1) is 0 Å². The van der Waals surface area contributed by atoms with E-state index in [1.807, 2.05) is 43.4 Å². The Kier molecular flexibility index (Phi) is 4.46. The molecule has 0 aromatic heterocycles. The summed E-state index contributed by atoms with van der Waals surface area (Å²) < 4.78 is 10.9. The molecule has 0 aliphatic carbocycles. The second kappa shape index (κ2) is 6.48. The van der Waals surface area contributed by atoms with E-state index in [-0.39, 0.29) is 0 Å². The number of hydrogen-bond acceptors (Lipinski definition) is 4. The van der Waals surface area contributed by atoms with Crippen molar-refractivity contribution in [3.63, 3.8) is 0 Å². The molecular formula is C16H16N2O2. The lowest BCUT2D eigenvalue weighted by atomic mass is 10.1. The Morgan fingerprint density at radius 1 is 1.15 bits per heavy atom. The highest BCUT2D eigenvalue weighted by atomic mass is 16.5. The highest BCUT2D eigenvalue weighted by Gasteiger charge is 2.04. The third kappa shape index (κ3) is 3.21. The van der Waals surface area contributed by atoms with Crippen molar-refractivity contribution in [1.82, 2.24) is 0 Å². The average molecular weight is 268 g/mol.